The van der Waals surface area contributed by atoms with E-state index in [1.54, 1.807) is 0 Å². The van der Waals surface area contributed by atoms with Crippen molar-refractivity contribution >= 4 is 0 Å². The van der Waals surface area contributed by atoms with Crippen LogP contribution in [0.2, 0.25) is 0 Å². The second-order valence-corrected chi connectivity index (χ2v) is 3.08. The lowest BCUT2D eigenvalue weighted by Gasteiger charge is -2.05. The molecule has 2 heterocycles. The molecule has 0 bridgehead atoms. The molecular weight excluding hydrogens is 219 g/mol. The van der Waals surface area contributed by atoms with Crippen LogP contribution in [0.5, 0.6) is 0 Å². The van der Waals surface area contributed by atoms with Crippen LogP contribution in [0.4, 0.5) is 13.2 Å². The maximum absolute atomic E-state index is 12.3. The average molecular weight is 230 g/mol. The number of nitrogens with zero attached hydrogens (tertiary/aromatic N) is 2. The molecule has 0 aliphatic heterocycles. The van der Waals surface area contributed by atoms with E-state index in [9.17, 15) is 13.2 Å². The lowest BCUT2D eigenvalue weighted by Crippen LogP contribution is -2.07. The number of H-pyrrole nitrogens is 1. The Morgan fingerprint density at radius 1 is 1.25 bits per heavy atom. The normalized spacial score (nSPS) is 15.3. The van der Waals surface area contributed by atoms with Crippen LogP contribution in [-0.2, 0) is 6.18 Å². The fourth-order valence-corrected chi connectivity index (χ4v) is 1.17. The molecule has 2 rings (SSSR count). The fourth-order valence-electron chi connectivity index (χ4n) is 1.17. The maximum atomic E-state index is 12.3. The lowest BCUT2D eigenvalue weighted by atomic mass is 10.2. The first kappa shape index (κ1) is 7.43. The zero-order chi connectivity index (χ0) is 14.3. The topological polar surface area (TPSA) is 41.6 Å². The summed E-state index contributed by atoms with van der Waals surface area (Å²) in [6.45, 7) is -2.34. The summed E-state index contributed by atoms with van der Waals surface area (Å²) in [5.74, 6) is 0.160. The van der Waals surface area contributed by atoms with Gasteiger partial charge in [-0.05, 0) is 19.0 Å². The van der Waals surface area contributed by atoms with Gasteiger partial charge >= 0.3 is 6.18 Å². The molecule has 1 N–H and O–H groups in total. The second kappa shape index (κ2) is 3.62. The smallest absolute Gasteiger partial charge is 0.342 e. The highest BCUT2D eigenvalue weighted by atomic mass is 19.4. The Hall–Kier alpha value is -1.85. The van der Waals surface area contributed by atoms with Crippen molar-refractivity contribution in [3.05, 3.63) is 35.9 Å². The van der Waals surface area contributed by atoms with E-state index in [0.29, 0.717) is 0 Å². The first-order valence-corrected chi connectivity index (χ1v) is 4.27. The second-order valence-electron chi connectivity index (χ2n) is 3.08. The first-order valence-electron chi connectivity index (χ1n) is 5.77. The van der Waals surface area contributed by atoms with E-state index in [1.165, 1.54) is 6.07 Å². The first-order chi connectivity index (χ1) is 8.68. The third-order valence-corrected chi connectivity index (χ3v) is 1.90. The molecule has 0 aliphatic carbocycles. The minimum atomic E-state index is -4.51. The molecule has 6 heteroatoms. The van der Waals surface area contributed by atoms with Crippen molar-refractivity contribution in [2.45, 2.75) is 13.0 Å². The molecule has 84 valence electrons. The number of hydrogen-bond acceptors (Lipinski definition) is 2. The predicted octanol–water partition coefficient (Wildman–Crippen LogP) is 2.80. The molecule has 0 saturated carbocycles. The van der Waals surface area contributed by atoms with Crippen LogP contribution in [-0.4, -0.2) is 15.0 Å². The number of aryl methyl sites for hydroxylation is 1. The molecular formula is C10H8F3N3. The molecule has 0 fully saturated rings. The number of nitrogens with one attached hydrogen (secondary N) is 1. The highest BCUT2D eigenvalue weighted by Crippen LogP contribution is 2.28. The number of alkyl halides is 3. The Kier molecular flexibility index (Phi) is 1.68. The van der Waals surface area contributed by atoms with E-state index in [2.05, 4.69) is 15.0 Å². The van der Waals surface area contributed by atoms with Gasteiger partial charge in [-0.2, -0.15) is 13.2 Å². The molecule has 0 unspecified atom stereocenters. The SMILES string of the molecule is [2H]C([2H])([2H])c1cnc(-c2ccc(C(F)(F)F)nc2)[nH]1. The highest BCUT2D eigenvalue weighted by molar-refractivity contribution is 5.53. The number of aromatic nitrogens is 3. The van der Waals surface area contributed by atoms with E-state index >= 15 is 0 Å². The van der Waals surface area contributed by atoms with Gasteiger partial charge < -0.3 is 4.98 Å². The Balaban J connectivity index is 2.31. The molecule has 2 aromatic heterocycles. The Bertz CT molecular complexity index is 572. The van der Waals surface area contributed by atoms with Crippen molar-refractivity contribution in [3.63, 3.8) is 0 Å². The zero-order valence-electron chi connectivity index (χ0n) is 10.8. The van der Waals surface area contributed by atoms with Crippen molar-refractivity contribution < 1.29 is 17.3 Å². The third kappa shape index (κ3) is 2.05. The molecule has 0 amide bonds. The van der Waals surface area contributed by atoms with Gasteiger partial charge in [0.25, 0.3) is 0 Å². The van der Waals surface area contributed by atoms with Gasteiger partial charge in [0.15, 0.2) is 0 Å². The quantitative estimate of drug-likeness (QED) is 0.818. The van der Waals surface area contributed by atoms with Crippen molar-refractivity contribution in [1.82, 2.24) is 15.0 Å². The summed E-state index contributed by atoms with van der Waals surface area (Å²) in [6.07, 6.45) is -2.39. The number of pyridine rings is 1. The van der Waals surface area contributed by atoms with Crippen LogP contribution in [0.15, 0.2) is 24.5 Å². The Morgan fingerprint density at radius 3 is 2.56 bits per heavy atom. The fraction of sp³-hybridized carbons (Fsp3) is 0.200. The van der Waals surface area contributed by atoms with Crippen LogP contribution in [0.1, 0.15) is 15.5 Å². The van der Waals surface area contributed by atoms with Gasteiger partial charge in [0, 0.05) is 27.8 Å². The minimum Gasteiger partial charge on any atom is -0.342 e. The zero-order valence-corrected chi connectivity index (χ0v) is 7.84. The number of aromatic amines is 1. The van der Waals surface area contributed by atoms with Crippen LogP contribution < -0.4 is 0 Å². The van der Waals surface area contributed by atoms with Gasteiger partial charge in [0.05, 0.1) is 0 Å². The van der Waals surface area contributed by atoms with Gasteiger partial charge in [-0.1, -0.05) is 0 Å². The number of hydrogen-bond donors (Lipinski definition) is 1. The third-order valence-electron chi connectivity index (χ3n) is 1.90. The maximum Gasteiger partial charge on any atom is 0.433 e. The molecule has 0 spiro atoms. The summed E-state index contributed by atoms with van der Waals surface area (Å²) in [7, 11) is 0. The molecule has 0 atom stereocenters. The van der Waals surface area contributed by atoms with Gasteiger partial charge in [-0.25, -0.2) is 4.98 Å². The van der Waals surface area contributed by atoms with Crippen molar-refractivity contribution in [2.24, 2.45) is 0 Å². The Morgan fingerprint density at radius 2 is 2.06 bits per heavy atom. The number of rotatable bonds is 1. The van der Waals surface area contributed by atoms with E-state index in [1.807, 2.05) is 0 Å². The summed E-state index contributed by atoms with van der Waals surface area (Å²) in [5.41, 5.74) is -0.815. The molecule has 0 aliphatic rings. The summed E-state index contributed by atoms with van der Waals surface area (Å²) in [5, 5.41) is 0. The van der Waals surface area contributed by atoms with Gasteiger partial charge in [-0.3, -0.25) is 4.98 Å². The summed E-state index contributed by atoms with van der Waals surface area (Å²) in [6, 6.07) is 1.99. The van der Waals surface area contributed by atoms with Gasteiger partial charge in [0.1, 0.15) is 11.5 Å². The number of imidazole rings is 1. The van der Waals surface area contributed by atoms with E-state index in [4.69, 9.17) is 4.11 Å². The van der Waals surface area contributed by atoms with Crippen LogP contribution in [0.25, 0.3) is 11.4 Å². The molecule has 0 radical (unpaired) electrons. The standard InChI is InChI=1S/C10H8F3N3/c1-6-4-15-9(16-6)7-2-3-8(14-5-7)10(11,12)13/h2-5H,1H3,(H,15,16)/i1D3. The average Bonchev–Trinajstić information content (AvgIpc) is 2.77. The van der Waals surface area contributed by atoms with Crippen molar-refractivity contribution in [1.29, 1.82) is 0 Å². The van der Waals surface area contributed by atoms with E-state index < -0.39 is 18.7 Å². The lowest BCUT2D eigenvalue weighted by molar-refractivity contribution is -0.141. The van der Waals surface area contributed by atoms with Crippen molar-refractivity contribution in [2.75, 3.05) is 0 Å². The molecule has 2 aromatic rings. The minimum absolute atomic E-state index is 0.0811. The predicted molar refractivity (Wildman–Crippen MR) is 51.6 cm³/mol. The monoisotopic (exact) mass is 230 g/mol. The van der Waals surface area contributed by atoms with E-state index in [-0.39, 0.29) is 17.1 Å². The molecule has 0 saturated heterocycles. The van der Waals surface area contributed by atoms with Gasteiger partial charge in [-0.15, -0.1) is 0 Å². The molecule has 3 nitrogen and oxygen atoms in total. The van der Waals surface area contributed by atoms with Gasteiger partial charge in [0.2, 0.25) is 0 Å². The van der Waals surface area contributed by atoms with Crippen molar-refractivity contribution in [3.8, 4) is 11.4 Å². The summed E-state index contributed by atoms with van der Waals surface area (Å²) in [4.78, 5) is 9.61. The highest BCUT2D eigenvalue weighted by Gasteiger charge is 2.32. The van der Waals surface area contributed by atoms with E-state index in [0.717, 1.165) is 18.5 Å². The molecule has 0 aromatic carbocycles. The Labute approximate surface area is 93.6 Å². The molecule has 16 heavy (non-hydrogen) atoms. The van der Waals surface area contributed by atoms with Crippen LogP contribution in [0.3, 0.4) is 0 Å². The summed E-state index contributed by atoms with van der Waals surface area (Å²) < 4.78 is 58.5. The van der Waals surface area contributed by atoms with Crippen LogP contribution >= 0.6 is 0 Å². The number of halogens is 3. The largest absolute Gasteiger partial charge is 0.433 e. The summed E-state index contributed by atoms with van der Waals surface area (Å²) >= 11 is 0. The van der Waals surface area contributed by atoms with Crippen LogP contribution in [0, 0.1) is 6.85 Å².